The molecule has 1 aliphatic heterocycles. The predicted molar refractivity (Wildman–Crippen MR) is 68.9 cm³/mol. The average molecular weight is 387 g/mol. The van der Waals surface area contributed by atoms with Crippen LogP contribution in [0.2, 0.25) is 0 Å². The van der Waals surface area contributed by atoms with Crippen molar-refractivity contribution >= 4 is 33.5 Å². The third-order valence-electron chi connectivity index (χ3n) is 3.22. The Balaban J connectivity index is 2.22. The molecule has 1 aliphatic carbocycles. The Hall–Kier alpha value is -0.640. The number of hydrogen-bond acceptors (Lipinski definition) is 4. The summed E-state index contributed by atoms with van der Waals surface area (Å²) in [5.41, 5.74) is -4.91. The Bertz CT molecular complexity index is 613. The Kier molecular flexibility index (Phi) is 3.59. The van der Waals surface area contributed by atoms with Gasteiger partial charge in [0, 0.05) is 20.5 Å². The molecular formula is C12H7BrF4O3S. The van der Waals surface area contributed by atoms with Crippen molar-refractivity contribution in [3.8, 4) is 0 Å². The fourth-order valence-corrected chi connectivity index (χ4v) is 3.76. The highest BCUT2D eigenvalue weighted by Crippen LogP contribution is 2.53. The lowest BCUT2D eigenvalue weighted by Crippen LogP contribution is -2.36. The van der Waals surface area contributed by atoms with Crippen LogP contribution in [0.1, 0.15) is 15.9 Å². The molecule has 1 unspecified atom stereocenters. The molecule has 114 valence electrons. The first-order valence-corrected chi connectivity index (χ1v) is 7.42. The van der Waals surface area contributed by atoms with Gasteiger partial charge in [0.05, 0.1) is 13.2 Å². The highest BCUT2D eigenvalue weighted by molar-refractivity contribution is 9.10. The van der Waals surface area contributed by atoms with Crippen LogP contribution in [0.25, 0.3) is 0 Å². The molecule has 1 fully saturated rings. The summed E-state index contributed by atoms with van der Waals surface area (Å²) >= 11 is 2.65. The van der Waals surface area contributed by atoms with E-state index in [4.69, 9.17) is 9.47 Å². The molecule has 2 aliphatic rings. The molecule has 1 heterocycles. The highest BCUT2D eigenvalue weighted by atomic mass is 79.9. The first-order valence-electron chi connectivity index (χ1n) is 5.81. The molecule has 3 rings (SSSR count). The number of hydrogen-bond donors (Lipinski definition) is 0. The van der Waals surface area contributed by atoms with Crippen LogP contribution in [0.4, 0.5) is 17.6 Å². The zero-order valence-electron chi connectivity index (χ0n) is 10.2. The predicted octanol–water partition coefficient (Wildman–Crippen LogP) is 3.80. The normalized spacial score (nSPS) is 23.9. The van der Waals surface area contributed by atoms with Gasteiger partial charge in [-0.2, -0.15) is 13.2 Å². The smallest absolute Gasteiger partial charge is 0.341 e. The molecule has 3 nitrogen and oxygen atoms in total. The highest BCUT2D eigenvalue weighted by Gasteiger charge is 2.60. The number of Topliss-reactive ketones (excluding diaryl/α,β-unsaturated/α-hetero) is 1. The quantitative estimate of drug-likeness (QED) is 0.543. The van der Waals surface area contributed by atoms with Crippen molar-refractivity contribution in [2.24, 2.45) is 0 Å². The minimum atomic E-state index is -4.57. The van der Waals surface area contributed by atoms with Crippen molar-refractivity contribution in [3.05, 3.63) is 27.7 Å². The number of rotatable bonds is 1. The van der Waals surface area contributed by atoms with Gasteiger partial charge in [0.25, 0.3) is 0 Å². The number of carbonyl (C=O) groups excluding carboxylic acids is 1. The van der Waals surface area contributed by atoms with E-state index in [-0.39, 0.29) is 33.7 Å². The van der Waals surface area contributed by atoms with Gasteiger partial charge in [-0.25, -0.2) is 4.39 Å². The molecule has 1 aromatic rings. The summed E-state index contributed by atoms with van der Waals surface area (Å²) in [6.07, 6.45) is -2.18. The summed E-state index contributed by atoms with van der Waals surface area (Å²) in [5, 5.41) is 0. The zero-order valence-corrected chi connectivity index (χ0v) is 12.6. The molecule has 1 spiro atoms. The van der Waals surface area contributed by atoms with Crippen molar-refractivity contribution in [1.82, 2.24) is 0 Å². The maximum Gasteiger partial charge on any atom is 0.446 e. The van der Waals surface area contributed by atoms with Crippen LogP contribution in [0.5, 0.6) is 0 Å². The monoisotopic (exact) mass is 386 g/mol. The Labute approximate surface area is 129 Å². The molecule has 9 heteroatoms. The number of fused-ring (bicyclic) bond motifs is 2. The number of ether oxygens (including phenoxy) is 2. The summed E-state index contributed by atoms with van der Waals surface area (Å²) in [5.74, 6) is -3.01. The fraction of sp³-hybridized carbons (Fsp3) is 0.417. The summed E-state index contributed by atoms with van der Waals surface area (Å²) < 4.78 is 63.0. The lowest BCUT2D eigenvalue weighted by molar-refractivity contribution is -0.193. The Morgan fingerprint density at radius 1 is 1.29 bits per heavy atom. The van der Waals surface area contributed by atoms with E-state index in [0.29, 0.717) is 0 Å². The van der Waals surface area contributed by atoms with Gasteiger partial charge < -0.3 is 9.47 Å². The molecule has 0 radical (unpaired) electrons. The first-order chi connectivity index (χ1) is 9.76. The summed E-state index contributed by atoms with van der Waals surface area (Å²) in [6.45, 7) is 0.0194. The summed E-state index contributed by atoms with van der Waals surface area (Å²) in [7, 11) is 0. The number of benzene rings is 1. The van der Waals surface area contributed by atoms with E-state index >= 15 is 0 Å². The SMILES string of the molecule is O=C1c2c(Br)ccc(SC(F)(F)F)c2C2(OCCO2)C1F. The number of alkyl halides is 4. The van der Waals surface area contributed by atoms with Gasteiger partial charge in [-0.1, -0.05) is 15.9 Å². The van der Waals surface area contributed by atoms with Gasteiger partial charge in [-0.15, -0.1) is 0 Å². The summed E-state index contributed by atoms with van der Waals surface area (Å²) in [6, 6.07) is 2.45. The van der Waals surface area contributed by atoms with Gasteiger partial charge in [0.15, 0.2) is 0 Å². The molecule has 0 bridgehead atoms. The maximum absolute atomic E-state index is 14.4. The number of thioether (sulfide) groups is 1. The van der Waals surface area contributed by atoms with E-state index in [1.165, 1.54) is 12.1 Å². The van der Waals surface area contributed by atoms with Gasteiger partial charge in [0.1, 0.15) is 0 Å². The van der Waals surface area contributed by atoms with Gasteiger partial charge in [-0.3, -0.25) is 4.79 Å². The molecule has 1 saturated heterocycles. The second-order valence-corrected chi connectivity index (χ2v) is 6.40. The van der Waals surface area contributed by atoms with Gasteiger partial charge in [0.2, 0.25) is 17.7 Å². The molecule has 0 saturated carbocycles. The fourth-order valence-electron chi connectivity index (χ4n) is 2.50. The van der Waals surface area contributed by atoms with Gasteiger partial charge in [-0.05, 0) is 23.9 Å². The van der Waals surface area contributed by atoms with Crippen molar-refractivity contribution < 1.29 is 31.8 Å². The van der Waals surface area contributed by atoms with Crippen LogP contribution in [0.15, 0.2) is 21.5 Å². The average Bonchev–Trinajstić information content (AvgIpc) is 2.94. The zero-order chi connectivity index (χ0) is 15.4. The van der Waals surface area contributed by atoms with E-state index in [9.17, 15) is 22.4 Å². The second-order valence-electron chi connectivity index (χ2n) is 4.43. The van der Waals surface area contributed by atoms with Crippen molar-refractivity contribution in [3.63, 3.8) is 0 Å². The van der Waals surface area contributed by atoms with E-state index in [2.05, 4.69) is 15.9 Å². The van der Waals surface area contributed by atoms with Crippen molar-refractivity contribution in [2.45, 2.75) is 22.4 Å². The molecule has 0 aromatic heterocycles. The van der Waals surface area contributed by atoms with Crippen LogP contribution in [0, 0.1) is 0 Å². The van der Waals surface area contributed by atoms with Crippen molar-refractivity contribution in [2.75, 3.05) is 13.2 Å². The van der Waals surface area contributed by atoms with Crippen LogP contribution >= 0.6 is 27.7 Å². The second kappa shape index (κ2) is 4.94. The lowest BCUT2D eigenvalue weighted by Gasteiger charge is -2.26. The standard InChI is InChI=1S/C12H7BrF4O3S/c13-5-1-2-6(21-12(15,16)17)8-7(5)9(18)10(14)11(8)19-3-4-20-11/h1-2,10H,3-4H2. The van der Waals surface area contributed by atoms with Crippen molar-refractivity contribution in [1.29, 1.82) is 0 Å². The van der Waals surface area contributed by atoms with E-state index in [0.717, 1.165) is 0 Å². The van der Waals surface area contributed by atoms with Crippen LogP contribution < -0.4 is 0 Å². The molecule has 1 atom stereocenters. The van der Waals surface area contributed by atoms with Crippen LogP contribution in [-0.2, 0) is 15.3 Å². The Morgan fingerprint density at radius 2 is 1.90 bits per heavy atom. The minimum Gasteiger partial charge on any atom is -0.341 e. The topological polar surface area (TPSA) is 35.5 Å². The number of carbonyl (C=O) groups is 1. The van der Waals surface area contributed by atoms with E-state index in [1.807, 2.05) is 0 Å². The van der Waals surface area contributed by atoms with Crippen LogP contribution in [0.3, 0.4) is 0 Å². The molecule has 21 heavy (non-hydrogen) atoms. The largest absolute Gasteiger partial charge is 0.446 e. The molecule has 0 amide bonds. The Morgan fingerprint density at radius 3 is 2.48 bits per heavy atom. The molecule has 1 aromatic carbocycles. The van der Waals surface area contributed by atoms with Gasteiger partial charge >= 0.3 is 5.51 Å². The maximum atomic E-state index is 14.4. The lowest BCUT2D eigenvalue weighted by atomic mass is 10.1. The van der Waals surface area contributed by atoms with E-state index in [1.54, 1.807) is 0 Å². The number of ketones is 1. The molecule has 0 N–H and O–H groups in total. The van der Waals surface area contributed by atoms with Crippen LogP contribution in [-0.4, -0.2) is 30.7 Å². The number of halogens is 5. The third-order valence-corrected chi connectivity index (χ3v) is 4.67. The molecular weight excluding hydrogens is 380 g/mol. The summed E-state index contributed by atoms with van der Waals surface area (Å²) in [4.78, 5) is 11.7. The van der Waals surface area contributed by atoms with E-state index < -0.39 is 35.0 Å². The third kappa shape index (κ3) is 2.30. The minimum absolute atomic E-state index is 0.00970. The first kappa shape index (κ1) is 15.3.